The van der Waals surface area contributed by atoms with E-state index in [2.05, 4.69) is 19.1 Å². The van der Waals surface area contributed by atoms with Crippen LogP contribution >= 0.6 is 0 Å². The average molecular weight is 446 g/mol. The van der Waals surface area contributed by atoms with Gasteiger partial charge in [-0.05, 0) is 38.8 Å². The zero-order chi connectivity index (χ0) is 23.5. The molecule has 0 bridgehead atoms. The Balaban J connectivity index is 2.04. The van der Waals surface area contributed by atoms with Crippen LogP contribution in [-0.2, 0) is 18.9 Å². The highest BCUT2D eigenvalue weighted by molar-refractivity contribution is 5.97. The molecule has 1 saturated heterocycles. The van der Waals surface area contributed by atoms with Crippen molar-refractivity contribution in [1.82, 2.24) is 0 Å². The lowest BCUT2D eigenvalue weighted by molar-refractivity contribution is -0.148. The van der Waals surface area contributed by atoms with Crippen LogP contribution in [0, 0.1) is 11.8 Å². The molecule has 0 aromatic heterocycles. The largest absolute Gasteiger partial charge is 0.467 e. The Morgan fingerprint density at radius 3 is 2.56 bits per heavy atom. The van der Waals surface area contributed by atoms with E-state index >= 15 is 0 Å². The molecule has 0 radical (unpaired) electrons. The predicted octanol–water partition coefficient (Wildman–Crippen LogP) is 4.56. The van der Waals surface area contributed by atoms with Crippen molar-refractivity contribution < 1.29 is 28.5 Å². The number of nitrogen functional groups attached to an aromatic ring is 1. The van der Waals surface area contributed by atoms with Gasteiger partial charge in [-0.2, -0.15) is 0 Å². The molecule has 176 valence electrons. The van der Waals surface area contributed by atoms with Crippen molar-refractivity contribution in [3.05, 3.63) is 41.5 Å². The van der Waals surface area contributed by atoms with Crippen molar-refractivity contribution in [2.45, 2.75) is 65.1 Å². The molecule has 1 unspecified atom stereocenters. The molecule has 0 aliphatic carbocycles. The van der Waals surface area contributed by atoms with Crippen LogP contribution in [0.15, 0.2) is 30.4 Å². The lowest BCUT2D eigenvalue weighted by Gasteiger charge is -2.23. The van der Waals surface area contributed by atoms with E-state index in [4.69, 9.17) is 29.4 Å². The Labute approximate surface area is 190 Å². The van der Waals surface area contributed by atoms with E-state index in [1.807, 2.05) is 39.8 Å². The van der Waals surface area contributed by atoms with E-state index in [9.17, 15) is 4.79 Å². The fourth-order valence-corrected chi connectivity index (χ4v) is 4.02. The van der Waals surface area contributed by atoms with Crippen molar-refractivity contribution in [1.29, 1.82) is 0 Å². The van der Waals surface area contributed by atoms with Crippen LogP contribution in [0.2, 0.25) is 0 Å². The van der Waals surface area contributed by atoms with E-state index in [0.29, 0.717) is 29.0 Å². The quantitative estimate of drug-likeness (QED) is 0.316. The second kappa shape index (κ2) is 10.1. The third kappa shape index (κ3) is 5.71. The van der Waals surface area contributed by atoms with Crippen LogP contribution in [0.25, 0.3) is 6.08 Å². The number of esters is 1. The number of fused-ring (bicyclic) bond motifs is 2. The molecule has 7 nitrogen and oxygen atoms in total. The number of cyclic esters (lactones) is 1. The maximum absolute atomic E-state index is 13.2. The Morgan fingerprint density at radius 1 is 1.12 bits per heavy atom. The molecule has 7 heteroatoms. The van der Waals surface area contributed by atoms with Gasteiger partial charge in [0.25, 0.3) is 0 Å². The predicted molar refractivity (Wildman–Crippen MR) is 123 cm³/mol. The lowest BCUT2D eigenvalue weighted by atomic mass is 9.94. The summed E-state index contributed by atoms with van der Waals surface area (Å²) in [6, 6.07) is 3.35. The van der Waals surface area contributed by atoms with Gasteiger partial charge in [-0.3, -0.25) is 0 Å². The van der Waals surface area contributed by atoms with Crippen molar-refractivity contribution in [3.63, 3.8) is 0 Å². The molecule has 0 spiro atoms. The first kappa shape index (κ1) is 24.3. The van der Waals surface area contributed by atoms with Gasteiger partial charge in [-0.25, -0.2) is 4.79 Å². The van der Waals surface area contributed by atoms with Gasteiger partial charge >= 0.3 is 5.97 Å². The molecular weight excluding hydrogens is 410 g/mol. The van der Waals surface area contributed by atoms with Crippen molar-refractivity contribution in [3.8, 4) is 5.75 Å². The number of hydrogen-bond acceptors (Lipinski definition) is 7. The van der Waals surface area contributed by atoms with Gasteiger partial charge in [-0.15, -0.1) is 0 Å². The first-order chi connectivity index (χ1) is 15.1. The summed E-state index contributed by atoms with van der Waals surface area (Å²) in [6.45, 7) is 9.87. The van der Waals surface area contributed by atoms with Crippen LogP contribution in [0.3, 0.4) is 0 Å². The molecule has 2 N–H and O–H groups in total. The topological polar surface area (TPSA) is 89.2 Å². The van der Waals surface area contributed by atoms with Crippen LogP contribution in [0.4, 0.5) is 5.69 Å². The summed E-state index contributed by atoms with van der Waals surface area (Å²) in [4.78, 5) is 13.2. The van der Waals surface area contributed by atoms with E-state index < -0.39 is 11.8 Å². The molecule has 5 atom stereocenters. The van der Waals surface area contributed by atoms with Crippen molar-refractivity contribution >= 4 is 17.7 Å². The van der Waals surface area contributed by atoms with Crippen LogP contribution in [0.1, 0.15) is 57.0 Å². The maximum Gasteiger partial charge on any atom is 0.342 e. The minimum atomic E-state index is -0.652. The van der Waals surface area contributed by atoms with Gasteiger partial charge in [0.2, 0.25) is 0 Å². The lowest BCUT2D eigenvalue weighted by Crippen LogP contribution is -2.29. The number of ether oxygens (including phenoxy) is 5. The van der Waals surface area contributed by atoms with Gasteiger partial charge in [0, 0.05) is 30.7 Å². The number of methoxy groups -OCH3 is 1. The summed E-state index contributed by atoms with van der Waals surface area (Å²) >= 11 is 0. The summed E-state index contributed by atoms with van der Waals surface area (Å²) in [5.41, 5.74) is 7.51. The van der Waals surface area contributed by atoms with Crippen LogP contribution in [-0.4, -0.2) is 44.0 Å². The molecule has 2 heterocycles. The summed E-state index contributed by atoms with van der Waals surface area (Å²) in [5, 5.41) is 0. The summed E-state index contributed by atoms with van der Waals surface area (Å²) < 4.78 is 28.9. The minimum absolute atomic E-state index is 0.00856. The molecule has 1 fully saturated rings. The summed E-state index contributed by atoms with van der Waals surface area (Å²) in [5.74, 6) is -0.643. The number of carbonyl (C=O) groups excluding carboxylic acids is 1. The molecule has 1 aromatic rings. The first-order valence-corrected chi connectivity index (χ1v) is 11.1. The summed E-state index contributed by atoms with van der Waals surface area (Å²) in [6.07, 6.45) is 8.11. The Kier molecular flexibility index (Phi) is 7.64. The second-order valence-corrected chi connectivity index (χ2v) is 9.02. The van der Waals surface area contributed by atoms with Gasteiger partial charge in [0.15, 0.2) is 12.6 Å². The molecule has 2 aliphatic heterocycles. The van der Waals surface area contributed by atoms with Gasteiger partial charge < -0.3 is 29.4 Å². The molecule has 32 heavy (non-hydrogen) atoms. The maximum atomic E-state index is 13.2. The molecular formula is C25H35NO6. The van der Waals surface area contributed by atoms with Crippen molar-refractivity contribution in [2.75, 3.05) is 19.6 Å². The van der Waals surface area contributed by atoms with Crippen LogP contribution in [0.5, 0.6) is 5.75 Å². The SMILES string of the molecule is COCOc1cc(N)cc2c1C(=O)O[C@@H](C)[C@H](C)/C=C\C(C)[C@H]1OC(C)(C)O[C@H]1C/C=C/2. The van der Waals surface area contributed by atoms with E-state index in [-0.39, 0.29) is 36.9 Å². The number of carbonyl (C=O) groups is 1. The third-order valence-electron chi connectivity index (χ3n) is 5.85. The standard InChI is InChI=1S/C25H35NO6/c1-15-10-11-16(2)23-20(31-25(4,5)32-23)9-7-8-18-12-19(26)13-21(29-14-28-6)22(18)24(27)30-17(15)3/h7-8,10-13,15-17,20,23H,9,14,26H2,1-6H3/b8-7+,11-10-/t15-,16?,17+,20+,23-/m1/s1. The highest BCUT2D eigenvalue weighted by Crippen LogP contribution is 2.36. The second-order valence-electron chi connectivity index (χ2n) is 9.02. The Bertz CT molecular complexity index is 877. The summed E-state index contributed by atoms with van der Waals surface area (Å²) in [7, 11) is 1.52. The molecule has 3 rings (SSSR count). The van der Waals surface area contributed by atoms with E-state index in [1.165, 1.54) is 7.11 Å². The number of anilines is 1. The monoisotopic (exact) mass is 445 g/mol. The Morgan fingerprint density at radius 2 is 1.84 bits per heavy atom. The number of nitrogens with two attached hydrogens (primary N) is 1. The Hall–Kier alpha value is -2.35. The average Bonchev–Trinajstić information content (AvgIpc) is 3.03. The minimum Gasteiger partial charge on any atom is -0.467 e. The van der Waals surface area contributed by atoms with Gasteiger partial charge in [-0.1, -0.05) is 38.2 Å². The normalized spacial score (nSPS) is 32.2. The van der Waals surface area contributed by atoms with E-state index in [1.54, 1.807) is 12.1 Å². The van der Waals surface area contributed by atoms with Gasteiger partial charge in [0.05, 0.1) is 12.2 Å². The highest BCUT2D eigenvalue weighted by atomic mass is 16.8. The highest BCUT2D eigenvalue weighted by Gasteiger charge is 2.42. The number of rotatable bonds is 3. The molecule has 2 aliphatic rings. The van der Waals surface area contributed by atoms with Crippen molar-refractivity contribution in [2.24, 2.45) is 11.8 Å². The fraction of sp³-hybridized carbons (Fsp3) is 0.560. The third-order valence-corrected chi connectivity index (χ3v) is 5.85. The zero-order valence-corrected chi connectivity index (χ0v) is 19.8. The zero-order valence-electron chi connectivity index (χ0n) is 19.8. The molecule has 1 aromatic carbocycles. The number of benzene rings is 1. The number of hydrogen-bond donors (Lipinski definition) is 1. The molecule has 0 amide bonds. The van der Waals surface area contributed by atoms with E-state index in [0.717, 1.165) is 0 Å². The smallest absolute Gasteiger partial charge is 0.342 e. The first-order valence-electron chi connectivity index (χ1n) is 11.1. The molecule has 0 saturated carbocycles. The fourth-order valence-electron chi connectivity index (χ4n) is 4.02. The van der Waals surface area contributed by atoms with Gasteiger partial charge in [0.1, 0.15) is 17.4 Å². The van der Waals surface area contributed by atoms with Crippen LogP contribution < -0.4 is 10.5 Å².